The molecule has 0 spiro atoms. The number of hydrogen-bond donors (Lipinski definition) is 2. The van der Waals surface area contributed by atoms with Crippen LogP contribution in [-0.4, -0.2) is 36.7 Å². The second-order valence-electron chi connectivity index (χ2n) is 4.99. The van der Waals surface area contributed by atoms with E-state index < -0.39 is 0 Å². The first-order chi connectivity index (χ1) is 9.72. The first-order valence-electron chi connectivity index (χ1n) is 6.97. The average Bonchev–Trinajstić information content (AvgIpc) is 2.95. The average molecular weight is 294 g/mol. The van der Waals surface area contributed by atoms with Crippen molar-refractivity contribution in [1.82, 2.24) is 0 Å². The molecule has 20 heavy (non-hydrogen) atoms. The minimum atomic E-state index is -0.361. The smallest absolute Gasteiger partial charge is 0.253 e. The Morgan fingerprint density at radius 1 is 1.40 bits per heavy atom. The molecule has 1 fully saturated rings. The van der Waals surface area contributed by atoms with Gasteiger partial charge in [0.25, 0.3) is 5.91 Å². The molecule has 0 unspecified atom stereocenters. The van der Waals surface area contributed by atoms with Crippen molar-refractivity contribution in [2.75, 3.05) is 23.9 Å². The predicted molar refractivity (Wildman–Crippen MR) is 84.1 cm³/mol. The van der Waals surface area contributed by atoms with E-state index in [1.165, 1.54) is 5.56 Å². The third-order valence-electron chi connectivity index (χ3n) is 3.48. The number of ether oxygens (including phenoxy) is 1. The van der Waals surface area contributed by atoms with Gasteiger partial charge in [-0.2, -0.15) is 11.8 Å². The van der Waals surface area contributed by atoms with Gasteiger partial charge in [0.2, 0.25) is 0 Å². The van der Waals surface area contributed by atoms with Crippen LogP contribution in [0.25, 0.3) is 0 Å². The van der Waals surface area contributed by atoms with Gasteiger partial charge in [-0.3, -0.25) is 4.79 Å². The van der Waals surface area contributed by atoms with Gasteiger partial charge in [0.1, 0.15) is 6.10 Å². The van der Waals surface area contributed by atoms with Gasteiger partial charge in [0.15, 0.2) is 0 Å². The summed E-state index contributed by atoms with van der Waals surface area (Å²) in [6, 6.07) is 8.01. The molecule has 0 aliphatic carbocycles. The largest absolute Gasteiger partial charge is 0.364 e. The fourth-order valence-corrected chi connectivity index (χ4v) is 2.71. The van der Waals surface area contributed by atoms with E-state index in [0.717, 1.165) is 30.7 Å². The van der Waals surface area contributed by atoms with Crippen molar-refractivity contribution < 1.29 is 9.53 Å². The Labute approximate surface area is 124 Å². The fraction of sp³-hybridized carbons (Fsp3) is 0.533. The number of carbonyl (C=O) groups excluding carboxylic acids is 1. The monoisotopic (exact) mass is 294 g/mol. The second-order valence-corrected chi connectivity index (χ2v) is 5.97. The first kappa shape index (κ1) is 15.4. The van der Waals surface area contributed by atoms with Crippen molar-refractivity contribution in [1.29, 1.82) is 0 Å². The summed E-state index contributed by atoms with van der Waals surface area (Å²) in [5.41, 5.74) is 7.66. The molecule has 4 nitrogen and oxygen atoms in total. The molecule has 0 aromatic heterocycles. The molecule has 1 aliphatic rings. The van der Waals surface area contributed by atoms with Crippen LogP contribution in [0.2, 0.25) is 0 Å². The van der Waals surface area contributed by atoms with Crippen LogP contribution < -0.4 is 11.1 Å². The van der Waals surface area contributed by atoms with Crippen molar-refractivity contribution in [2.45, 2.75) is 31.5 Å². The Hall–Kier alpha value is -1.04. The van der Waals surface area contributed by atoms with E-state index in [-0.39, 0.29) is 18.1 Å². The van der Waals surface area contributed by atoms with Gasteiger partial charge in [-0.1, -0.05) is 12.1 Å². The maximum atomic E-state index is 12.1. The SMILES string of the molecule is CSCCc1ccc(NC(=O)[C@@H]2CC[C@H](CN)O2)cc1. The summed E-state index contributed by atoms with van der Waals surface area (Å²) < 4.78 is 5.58. The lowest BCUT2D eigenvalue weighted by atomic mass is 10.1. The molecule has 0 bridgehead atoms. The Morgan fingerprint density at radius 2 is 2.15 bits per heavy atom. The molecule has 0 radical (unpaired) electrons. The summed E-state index contributed by atoms with van der Waals surface area (Å²) in [5.74, 6) is 1.04. The number of aryl methyl sites for hydroxylation is 1. The standard InChI is InChI=1S/C15H22N2O2S/c1-20-9-8-11-2-4-12(5-3-11)17-15(18)14-7-6-13(10-16)19-14/h2-5,13-14H,6-10,16H2,1H3,(H,17,18)/t13-,14+/m1/s1. The summed E-state index contributed by atoms with van der Waals surface area (Å²) in [4.78, 5) is 12.1. The first-order valence-corrected chi connectivity index (χ1v) is 8.36. The molecule has 5 heteroatoms. The van der Waals surface area contributed by atoms with E-state index in [0.29, 0.717) is 6.54 Å². The highest BCUT2D eigenvalue weighted by Gasteiger charge is 2.29. The molecule has 3 N–H and O–H groups in total. The van der Waals surface area contributed by atoms with Crippen molar-refractivity contribution >= 4 is 23.4 Å². The third kappa shape index (κ3) is 4.23. The van der Waals surface area contributed by atoms with Crippen LogP contribution >= 0.6 is 11.8 Å². The highest BCUT2D eigenvalue weighted by Crippen LogP contribution is 2.20. The van der Waals surface area contributed by atoms with Gasteiger partial charge in [-0.25, -0.2) is 0 Å². The quantitative estimate of drug-likeness (QED) is 0.842. The van der Waals surface area contributed by atoms with Crippen molar-refractivity contribution in [3.05, 3.63) is 29.8 Å². The van der Waals surface area contributed by atoms with Crippen molar-refractivity contribution in [3.8, 4) is 0 Å². The van der Waals surface area contributed by atoms with Crippen LogP contribution in [0.3, 0.4) is 0 Å². The number of benzene rings is 1. The molecule has 1 saturated heterocycles. The van der Waals surface area contributed by atoms with Gasteiger partial charge in [-0.05, 0) is 49.0 Å². The lowest BCUT2D eigenvalue weighted by Crippen LogP contribution is -2.29. The van der Waals surface area contributed by atoms with Gasteiger partial charge in [-0.15, -0.1) is 0 Å². The summed E-state index contributed by atoms with van der Waals surface area (Å²) in [5, 5.41) is 2.90. The zero-order chi connectivity index (χ0) is 14.4. The van der Waals surface area contributed by atoms with Crippen LogP contribution in [0.1, 0.15) is 18.4 Å². The molecule has 2 rings (SSSR count). The number of thioether (sulfide) groups is 1. The van der Waals surface area contributed by atoms with Crippen LogP contribution in [0, 0.1) is 0 Å². The molecule has 2 atom stereocenters. The molecule has 0 saturated carbocycles. The minimum absolute atomic E-state index is 0.0275. The van der Waals surface area contributed by atoms with Crippen molar-refractivity contribution in [2.24, 2.45) is 5.73 Å². The summed E-state index contributed by atoms with van der Waals surface area (Å²) in [6.45, 7) is 0.480. The number of nitrogens with one attached hydrogen (secondary N) is 1. The summed E-state index contributed by atoms with van der Waals surface area (Å²) >= 11 is 1.83. The van der Waals surface area contributed by atoms with E-state index in [1.807, 2.05) is 23.9 Å². The summed E-state index contributed by atoms with van der Waals surface area (Å²) in [7, 11) is 0. The molecular formula is C15H22N2O2S. The summed E-state index contributed by atoms with van der Waals surface area (Å²) in [6.07, 6.45) is 4.44. The van der Waals surface area contributed by atoms with Crippen LogP contribution in [0.4, 0.5) is 5.69 Å². The zero-order valence-electron chi connectivity index (χ0n) is 11.8. The number of anilines is 1. The van der Waals surface area contributed by atoms with Gasteiger partial charge >= 0.3 is 0 Å². The Morgan fingerprint density at radius 3 is 2.75 bits per heavy atom. The van der Waals surface area contributed by atoms with E-state index in [2.05, 4.69) is 23.7 Å². The van der Waals surface area contributed by atoms with Crippen LogP contribution in [0.15, 0.2) is 24.3 Å². The molecule has 1 amide bonds. The Bertz CT molecular complexity index is 436. The molecule has 1 aliphatic heterocycles. The Kier molecular flexibility index (Phi) is 5.88. The van der Waals surface area contributed by atoms with Gasteiger partial charge in [0, 0.05) is 12.2 Å². The minimum Gasteiger partial charge on any atom is -0.364 e. The van der Waals surface area contributed by atoms with E-state index >= 15 is 0 Å². The molecule has 1 aromatic rings. The lowest BCUT2D eigenvalue weighted by molar-refractivity contribution is -0.126. The van der Waals surface area contributed by atoms with Gasteiger partial charge in [0.05, 0.1) is 6.10 Å². The van der Waals surface area contributed by atoms with Crippen LogP contribution in [-0.2, 0) is 16.0 Å². The topological polar surface area (TPSA) is 64.4 Å². The lowest BCUT2D eigenvalue weighted by Gasteiger charge is -2.13. The normalized spacial score (nSPS) is 21.9. The molecular weight excluding hydrogens is 272 g/mol. The number of amides is 1. The molecule has 110 valence electrons. The maximum absolute atomic E-state index is 12.1. The highest BCUT2D eigenvalue weighted by atomic mass is 32.2. The number of hydrogen-bond acceptors (Lipinski definition) is 4. The Balaban J connectivity index is 1.85. The van der Waals surface area contributed by atoms with E-state index in [9.17, 15) is 4.79 Å². The molecule has 1 heterocycles. The number of rotatable bonds is 6. The zero-order valence-corrected chi connectivity index (χ0v) is 12.6. The predicted octanol–water partition coefficient (Wildman–Crippen LogP) is 2.04. The number of nitrogens with two attached hydrogens (primary N) is 1. The fourth-order valence-electron chi connectivity index (χ4n) is 2.27. The second kappa shape index (κ2) is 7.67. The maximum Gasteiger partial charge on any atom is 0.253 e. The number of carbonyl (C=O) groups is 1. The van der Waals surface area contributed by atoms with Gasteiger partial charge < -0.3 is 15.8 Å². The van der Waals surface area contributed by atoms with Crippen LogP contribution in [0.5, 0.6) is 0 Å². The highest BCUT2D eigenvalue weighted by molar-refractivity contribution is 7.98. The van der Waals surface area contributed by atoms with E-state index in [1.54, 1.807) is 0 Å². The van der Waals surface area contributed by atoms with Crippen molar-refractivity contribution in [3.63, 3.8) is 0 Å². The van der Waals surface area contributed by atoms with E-state index in [4.69, 9.17) is 10.5 Å². The third-order valence-corrected chi connectivity index (χ3v) is 4.09. The molecule has 1 aromatic carbocycles.